The Bertz CT molecular complexity index is 436. The molecule has 16 heavy (non-hydrogen) atoms. The van der Waals surface area contributed by atoms with Crippen molar-refractivity contribution in [1.82, 2.24) is 0 Å². The van der Waals surface area contributed by atoms with E-state index in [2.05, 4.69) is 27.6 Å². The standard InChI is InChI=1S/C12H13BrN2O/c1-4-12(16)15(14-10(3)13)11-8-6-5-7-9(11)2/h4-8H,1H2,2-3H3/b14-10+. The molecule has 0 spiro atoms. The number of anilines is 1. The normalized spacial score (nSPS) is 11.1. The molecule has 0 aliphatic carbocycles. The molecule has 0 N–H and O–H groups in total. The average Bonchev–Trinajstić information content (AvgIpc) is 2.26. The van der Waals surface area contributed by atoms with Crippen molar-refractivity contribution in [2.75, 3.05) is 5.01 Å². The summed E-state index contributed by atoms with van der Waals surface area (Å²) in [6.45, 7) is 7.16. The number of hydrogen-bond acceptors (Lipinski definition) is 2. The lowest BCUT2D eigenvalue weighted by atomic mass is 10.2. The lowest BCUT2D eigenvalue weighted by molar-refractivity contribution is -0.114. The molecule has 0 bridgehead atoms. The van der Waals surface area contributed by atoms with Gasteiger partial charge in [0.2, 0.25) is 0 Å². The van der Waals surface area contributed by atoms with Crippen molar-refractivity contribution < 1.29 is 4.79 Å². The molecular formula is C12H13BrN2O. The molecule has 0 saturated heterocycles. The summed E-state index contributed by atoms with van der Waals surface area (Å²) in [6, 6.07) is 7.55. The highest BCUT2D eigenvalue weighted by Gasteiger charge is 2.13. The lowest BCUT2D eigenvalue weighted by Crippen LogP contribution is -2.24. The number of hydrazone groups is 1. The maximum absolute atomic E-state index is 11.7. The first-order valence-electron chi connectivity index (χ1n) is 4.79. The predicted molar refractivity (Wildman–Crippen MR) is 70.9 cm³/mol. The van der Waals surface area contributed by atoms with Crippen molar-refractivity contribution in [2.45, 2.75) is 13.8 Å². The highest BCUT2D eigenvalue weighted by atomic mass is 79.9. The van der Waals surface area contributed by atoms with Crippen LogP contribution in [-0.2, 0) is 4.79 Å². The van der Waals surface area contributed by atoms with Crippen LogP contribution in [0.5, 0.6) is 0 Å². The fraction of sp³-hybridized carbons (Fsp3) is 0.167. The van der Waals surface area contributed by atoms with Gasteiger partial charge in [0.1, 0.15) is 4.62 Å². The average molecular weight is 281 g/mol. The van der Waals surface area contributed by atoms with Crippen LogP contribution in [0, 0.1) is 6.92 Å². The molecule has 0 aliphatic heterocycles. The second kappa shape index (κ2) is 5.61. The number of aryl methyl sites for hydroxylation is 1. The molecule has 0 radical (unpaired) electrons. The number of benzene rings is 1. The van der Waals surface area contributed by atoms with Crippen molar-refractivity contribution >= 4 is 32.1 Å². The largest absolute Gasteiger partial charge is 0.270 e. The smallest absolute Gasteiger partial charge is 0.267 e. The zero-order valence-corrected chi connectivity index (χ0v) is 10.9. The van der Waals surface area contributed by atoms with Crippen LogP contribution in [0.25, 0.3) is 0 Å². The monoisotopic (exact) mass is 280 g/mol. The van der Waals surface area contributed by atoms with E-state index in [9.17, 15) is 4.79 Å². The van der Waals surface area contributed by atoms with Gasteiger partial charge in [0.25, 0.3) is 5.91 Å². The van der Waals surface area contributed by atoms with E-state index in [1.54, 1.807) is 6.92 Å². The summed E-state index contributed by atoms with van der Waals surface area (Å²) in [4.78, 5) is 11.7. The predicted octanol–water partition coefficient (Wildman–Crippen LogP) is 3.24. The van der Waals surface area contributed by atoms with E-state index in [1.165, 1.54) is 11.1 Å². The van der Waals surface area contributed by atoms with E-state index in [4.69, 9.17) is 0 Å². The highest BCUT2D eigenvalue weighted by Crippen LogP contribution is 2.20. The first-order chi connectivity index (χ1) is 7.56. The van der Waals surface area contributed by atoms with E-state index >= 15 is 0 Å². The van der Waals surface area contributed by atoms with Gasteiger partial charge in [-0.05, 0) is 47.5 Å². The molecule has 0 fully saturated rings. The quantitative estimate of drug-likeness (QED) is 0.475. The Morgan fingerprint density at radius 1 is 1.50 bits per heavy atom. The molecule has 3 nitrogen and oxygen atoms in total. The van der Waals surface area contributed by atoms with Gasteiger partial charge in [-0.2, -0.15) is 10.1 Å². The number of para-hydroxylation sites is 1. The number of carbonyl (C=O) groups excluding carboxylic acids is 1. The maximum atomic E-state index is 11.7. The van der Waals surface area contributed by atoms with Crippen LogP contribution in [0.2, 0.25) is 0 Å². The Morgan fingerprint density at radius 3 is 2.62 bits per heavy atom. The molecule has 0 unspecified atom stereocenters. The van der Waals surface area contributed by atoms with Crippen molar-refractivity contribution in [3.8, 4) is 0 Å². The van der Waals surface area contributed by atoms with Crippen LogP contribution in [0.15, 0.2) is 42.0 Å². The van der Waals surface area contributed by atoms with E-state index < -0.39 is 0 Å². The Kier molecular flexibility index (Phi) is 4.43. The lowest BCUT2D eigenvalue weighted by Gasteiger charge is -2.17. The SMILES string of the molecule is C=CC(=O)N(/N=C(\C)Br)c1ccccc1C. The third-order valence-electron chi connectivity index (χ3n) is 1.96. The van der Waals surface area contributed by atoms with Crippen LogP contribution in [-0.4, -0.2) is 10.5 Å². The van der Waals surface area contributed by atoms with Crippen LogP contribution in [0.3, 0.4) is 0 Å². The first-order valence-corrected chi connectivity index (χ1v) is 5.58. The van der Waals surface area contributed by atoms with Gasteiger partial charge in [0.15, 0.2) is 0 Å². The van der Waals surface area contributed by atoms with Crippen LogP contribution in [0.4, 0.5) is 5.69 Å². The fourth-order valence-corrected chi connectivity index (χ4v) is 1.41. The van der Waals surface area contributed by atoms with E-state index in [0.717, 1.165) is 11.3 Å². The number of nitrogens with zero attached hydrogens (tertiary/aromatic N) is 2. The molecule has 1 aromatic rings. The van der Waals surface area contributed by atoms with Gasteiger partial charge in [-0.1, -0.05) is 24.8 Å². The summed E-state index contributed by atoms with van der Waals surface area (Å²) in [5.41, 5.74) is 1.74. The Labute approximate surface area is 104 Å². The van der Waals surface area contributed by atoms with Crippen LogP contribution >= 0.6 is 15.9 Å². The van der Waals surface area contributed by atoms with Crippen LogP contribution in [0.1, 0.15) is 12.5 Å². The number of hydrogen-bond donors (Lipinski definition) is 0. The van der Waals surface area contributed by atoms with Gasteiger partial charge >= 0.3 is 0 Å². The molecule has 84 valence electrons. The zero-order chi connectivity index (χ0) is 12.1. The highest BCUT2D eigenvalue weighted by molar-refractivity contribution is 9.18. The second-order valence-electron chi connectivity index (χ2n) is 3.24. The Balaban J connectivity index is 3.21. The van der Waals surface area contributed by atoms with Gasteiger partial charge in [-0.3, -0.25) is 4.79 Å². The van der Waals surface area contributed by atoms with E-state index in [-0.39, 0.29) is 5.91 Å². The maximum Gasteiger partial charge on any atom is 0.270 e. The Hall–Kier alpha value is -1.42. The summed E-state index contributed by atoms with van der Waals surface area (Å²) < 4.78 is 0.631. The third-order valence-corrected chi connectivity index (χ3v) is 2.12. The van der Waals surface area contributed by atoms with Crippen molar-refractivity contribution in [1.29, 1.82) is 0 Å². The molecule has 0 saturated carbocycles. The van der Waals surface area contributed by atoms with Gasteiger partial charge in [0.05, 0.1) is 5.69 Å². The molecule has 0 heterocycles. The first kappa shape index (κ1) is 12.6. The molecule has 0 atom stereocenters. The molecular weight excluding hydrogens is 268 g/mol. The minimum atomic E-state index is -0.256. The topological polar surface area (TPSA) is 32.7 Å². The van der Waals surface area contributed by atoms with E-state index in [0.29, 0.717) is 4.62 Å². The molecule has 0 aliphatic rings. The van der Waals surface area contributed by atoms with E-state index in [1.807, 2.05) is 31.2 Å². The minimum Gasteiger partial charge on any atom is -0.267 e. The van der Waals surface area contributed by atoms with Gasteiger partial charge in [0, 0.05) is 0 Å². The fourth-order valence-electron chi connectivity index (χ4n) is 1.25. The summed E-state index contributed by atoms with van der Waals surface area (Å²) in [7, 11) is 0. The summed E-state index contributed by atoms with van der Waals surface area (Å²) >= 11 is 3.22. The van der Waals surface area contributed by atoms with Gasteiger partial charge in [-0.15, -0.1) is 0 Å². The summed E-state index contributed by atoms with van der Waals surface area (Å²) in [5, 5.41) is 5.45. The number of carbonyl (C=O) groups is 1. The van der Waals surface area contributed by atoms with Crippen molar-refractivity contribution in [3.63, 3.8) is 0 Å². The van der Waals surface area contributed by atoms with Gasteiger partial charge < -0.3 is 0 Å². The second-order valence-corrected chi connectivity index (χ2v) is 4.39. The molecule has 1 amide bonds. The summed E-state index contributed by atoms with van der Waals surface area (Å²) in [5.74, 6) is -0.256. The molecule has 0 aromatic heterocycles. The number of halogens is 1. The van der Waals surface area contributed by atoms with Crippen molar-refractivity contribution in [3.05, 3.63) is 42.5 Å². The summed E-state index contributed by atoms with van der Waals surface area (Å²) in [6.07, 6.45) is 1.24. The Morgan fingerprint density at radius 2 is 2.12 bits per heavy atom. The molecule has 1 aromatic carbocycles. The van der Waals surface area contributed by atoms with Gasteiger partial charge in [-0.25, -0.2) is 0 Å². The van der Waals surface area contributed by atoms with Crippen LogP contribution < -0.4 is 5.01 Å². The third kappa shape index (κ3) is 3.03. The molecule has 4 heteroatoms. The zero-order valence-electron chi connectivity index (χ0n) is 9.27. The minimum absolute atomic E-state index is 0.256. The number of rotatable bonds is 3. The van der Waals surface area contributed by atoms with Crippen molar-refractivity contribution in [2.24, 2.45) is 5.10 Å². The molecule has 1 rings (SSSR count). The number of amides is 1.